The van der Waals surface area contributed by atoms with Crippen LogP contribution in [0.2, 0.25) is 0 Å². The van der Waals surface area contributed by atoms with Crippen molar-refractivity contribution >= 4 is 0 Å². The van der Waals surface area contributed by atoms with E-state index in [1.165, 1.54) is 0 Å². The minimum Gasteiger partial charge on any atom is -0.390 e. The van der Waals surface area contributed by atoms with Crippen LogP contribution < -0.4 is 0 Å². The summed E-state index contributed by atoms with van der Waals surface area (Å²) < 4.78 is 53.3. The second kappa shape index (κ2) is 6.70. The average Bonchev–Trinajstić information content (AvgIpc) is 2.28. The highest BCUT2D eigenvalue weighted by atomic mass is 19.3. The van der Waals surface area contributed by atoms with E-state index in [4.69, 9.17) is 0 Å². The molecule has 1 fully saturated rings. The molecule has 6 heteroatoms. The topological polar surface area (TPSA) is 29.5 Å². The summed E-state index contributed by atoms with van der Waals surface area (Å²) in [6, 6.07) is 0. The summed E-state index contributed by atoms with van der Waals surface area (Å²) in [7, 11) is 0. The summed E-state index contributed by atoms with van der Waals surface area (Å²) in [5.41, 5.74) is 0. The first-order chi connectivity index (χ1) is 8.33. The summed E-state index contributed by atoms with van der Waals surface area (Å²) in [5.74, 6) is -3.62. The van der Waals surface area contributed by atoms with Gasteiger partial charge in [0.25, 0.3) is 0 Å². The van der Waals surface area contributed by atoms with Crippen LogP contribution >= 0.6 is 0 Å². The van der Waals surface area contributed by atoms with Crippen molar-refractivity contribution in [1.29, 1.82) is 0 Å². The van der Waals surface area contributed by atoms with Crippen molar-refractivity contribution in [2.75, 3.05) is 13.2 Å². The highest BCUT2D eigenvalue weighted by molar-refractivity contribution is 4.77. The number of hydrogen-bond donors (Lipinski definition) is 1. The van der Waals surface area contributed by atoms with E-state index < -0.39 is 25.1 Å². The Morgan fingerprint density at radius 1 is 1.33 bits per heavy atom. The van der Waals surface area contributed by atoms with E-state index in [-0.39, 0.29) is 12.5 Å². The van der Waals surface area contributed by atoms with E-state index in [2.05, 4.69) is 11.7 Å². The van der Waals surface area contributed by atoms with Gasteiger partial charge < -0.3 is 9.84 Å². The standard InChI is InChI=1S/C12H20F4O2/c1-8-3-2-4-9(5-8)10(17)6-18-7-12(15,16)11(13)14/h8-11,17H,2-7H2,1H3. The van der Waals surface area contributed by atoms with Crippen molar-refractivity contribution in [1.82, 2.24) is 0 Å². The fraction of sp³-hybridized carbons (Fsp3) is 1.00. The van der Waals surface area contributed by atoms with Crippen LogP contribution in [-0.2, 0) is 4.74 Å². The molecule has 0 spiro atoms. The molecule has 0 heterocycles. The van der Waals surface area contributed by atoms with Crippen LogP contribution in [0.4, 0.5) is 17.6 Å². The van der Waals surface area contributed by atoms with Crippen LogP contribution in [0.15, 0.2) is 0 Å². The van der Waals surface area contributed by atoms with Crippen LogP contribution in [0, 0.1) is 11.8 Å². The Hall–Kier alpha value is -0.360. The lowest BCUT2D eigenvalue weighted by molar-refractivity contribution is -0.172. The molecule has 0 aromatic carbocycles. The van der Waals surface area contributed by atoms with Crippen LogP contribution in [0.25, 0.3) is 0 Å². The quantitative estimate of drug-likeness (QED) is 0.753. The average molecular weight is 272 g/mol. The maximum Gasteiger partial charge on any atom is 0.330 e. The molecule has 1 saturated carbocycles. The summed E-state index contributed by atoms with van der Waals surface area (Å²) >= 11 is 0. The third-order valence-corrected chi connectivity index (χ3v) is 3.42. The van der Waals surface area contributed by atoms with E-state index in [1.54, 1.807) is 0 Å². The van der Waals surface area contributed by atoms with E-state index in [0.29, 0.717) is 5.92 Å². The third kappa shape index (κ3) is 4.72. The van der Waals surface area contributed by atoms with E-state index >= 15 is 0 Å². The number of aliphatic hydroxyl groups is 1. The number of aliphatic hydroxyl groups excluding tert-OH is 1. The number of rotatable bonds is 6. The first kappa shape index (κ1) is 15.7. The molecule has 3 unspecified atom stereocenters. The normalized spacial score (nSPS) is 27.5. The van der Waals surface area contributed by atoms with Gasteiger partial charge in [0.15, 0.2) is 0 Å². The smallest absolute Gasteiger partial charge is 0.330 e. The minimum absolute atomic E-state index is 0.0222. The predicted molar refractivity (Wildman–Crippen MR) is 58.9 cm³/mol. The Balaban J connectivity index is 2.26. The van der Waals surface area contributed by atoms with Crippen molar-refractivity contribution in [2.45, 2.75) is 51.1 Å². The molecule has 1 N–H and O–H groups in total. The third-order valence-electron chi connectivity index (χ3n) is 3.42. The van der Waals surface area contributed by atoms with Gasteiger partial charge in [-0.2, -0.15) is 8.78 Å². The Labute approximate surface area is 104 Å². The van der Waals surface area contributed by atoms with Gasteiger partial charge in [-0.15, -0.1) is 0 Å². The zero-order valence-electron chi connectivity index (χ0n) is 10.4. The molecule has 1 rings (SSSR count). The zero-order valence-corrected chi connectivity index (χ0v) is 10.4. The molecule has 0 aromatic heterocycles. The fourth-order valence-corrected chi connectivity index (χ4v) is 2.35. The number of alkyl halides is 4. The molecule has 0 radical (unpaired) electrons. The molecule has 0 saturated heterocycles. The van der Waals surface area contributed by atoms with Gasteiger partial charge in [0.1, 0.15) is 6.61 Å². The van der Waals surface area contributed by atoms with Crippen molar-refractivity contribution in [3.8, 4) is 0 Å². The Kier molecular flexibility index (Phi) is 5.85. The van der Waals surface area contributed by atoms with Crippen molar-refractivity contribution in [3.63, 3.8) is 0 Å². The molecule has 1 aliphatic rings. The second-order valence-corrected chi connectivity index (χ2v) is 5.18. The molecule has 1 aliphatic carbocycles. The lowest BCUT2D eigenvalue weighted by Crippen LogP contribution is -2.35. The van der Waals surface area contributed by atoms with Gasteiger partial charge in [0.05, 0.1) is 12.7 Å². The maximum atomic E-state index is 12.5. The number of hydrogen-bond acceptors (Lipinski definition) is 2. The van der Waals surface area contributed by atoms with Crippen molar-refractivity contribution in [2.24, 2.45) is 11.8 Å². The summed E-state index contributed by atoms with van der Waals surface area (Å²) in [6.07, 6.45) is -0.815. The van der Waals surface area contributed by atoms with Crippen LogP contribution in [0.1, 0.15) is 32.6 Å². The van der Waals surface area contributed by atoms with E-state index in [0.717, 1.165) is 25.7 Å². The predicted octanol–water partition coefficient (Wildman–Crippen LogP) is 3.09. The first-order valence-corrected chi connectivity index (χ1v) is 6.24. The Morgan fingerprint density at radius 2 is 2.00 bits per heavy atom. The van der Waals surface area contributed by atoms with Crippen LogP contribution in [-0.4, -0.2) is 36.8 Å². The Morgan fingerprint density at radius 3 is 2.56 bits per heavy atom. The lowest BCUT2D eigenvalue weighted by Gasteiger charge is -2.30. The molecule has 3 atom stereocenters. The van der Waals surface area contributed by atoms with Gasteiger partial charge in [0.2, 0.25) is 0 Å². The zero-order chi connectivity index (χ0) is 13.8. The molecular weight excluding hydrogens is 252 g/mol. The highest BCUT2D eigenvalue weighted by Gasteiger charge is 2.41. The summed E-state index contributed by atoms with van der Waals surface area (Å²) in [6.45, 7) is 0.425. The Bertz CT molecular complexity index is 248. The van der Waals surface area contributed by atoms with Crippen molar-refractivity contribution < 1.29 is 27.4 Å². The fourth-order valence-electron chi connectivity index (χ4n) is 2.35. The second-order valence-electron chi connectivity index (χ2n) is 5.18. The first-order valence-electron chi connectivity index (χ1n) is 6.24. The molecule has 2 nitrogen and oxygen atoms in total. The molecule has 108 valence electrons. The van der Waals surface area contributed by atoms with Gasteiger partial charge in [-0.25, -0.2) is 8.78 Å². The minimum atomic E-state index is -4.14. The highest BCUT2D eigenvalue weighted by Crippen LogP contribution is 2.31. The van der Waals surface area contributed by atoms with Crippen LogP contribution in [0.5, 0.6) is 0 Å². The van der Waals surface area contributed by atoms with E-state index in [9.17, 15) is 22.7 Å². The number of ether oxygens (including phenoxy) is 1. The molecule has 0 amide bonds. The molecular formula is C12H20F4O2. The van der Waals surface area contributed by atoms with Gasteiger partial charge in [-0.3, -0.25) is 0 Å². The molecule has 0 aliphatic heterocycles. The van der Waals surface area contributed by atoms with Gasteiger partial charge in [-0.05, 0) is 24.7 Å². The van der Waals surface area contributed by atoms with Crippen LogP contribution in [0.3, 0.4) is 0 Å². The van der Waals surface area contributed by atoms with Gasteiger partial charge in [0, 0.05) is 0 Å². The maximum absolute atomic E-state index is 12.5. The lowest BCUT2D eigenvalue weighted by atomic mass is 9.80. The molecule has 0 aromatic rings. The SMILES string of the molecule is CC1CCCC(C(O)COCC(F)(F)C(F)F)C1. The van der Waals surface area contributed by atoms with Crippen molar-refractivity contribution in [3.05, 3.63) is 0 Å². The van der Waals surface area contributed by atoms with E-state index in [1.807, 2.05) is 0 Å². The van der Waals surface area contributed by atoms with Gasteiger partial charge >= 0.3 is 12.3 Å². The largest absolute Gasteiger partial charge is 0.390 e. The molecule has 0 bridgehead atoms. The van der Waals surface area contributed by atoms with Gasteiger partial charge in [-0.1, -0.05) is 19.8 Å². The number of halogens is 4. The summed E-state index contributed by atoms with van der Waals surface area (Å²) in [4.78, 5) is 0. The molecule has 18 heavy (non-hydrogen) atoms. The summed E-state index contributed by atoms with van der Waals surface area (Å²) in [5, 5.41) is 9.77. The monoisotopic (exact) mass is 272 g/mol.